The number of fused-ring (bicyclic) bond motifs is 3. The second-order valence-electron chi connectivity index (χ2n) is 18.6. The van der Waals surface area contributed by atoms with Gasteiger partial charge < -0.3 is 18.9 Å². The summed E-state index contributed by atoms with van der Waals surface area (Å²) in [6.07, 6.45) is 31.3. The van der Waals surface area contributed by atoms with E-state index in [1.54, 1.807) is 0 Å². The molecule has 70 heavy (non-hydrogen) atoms. The van der Waals surface area contributed by atoms with Gasteiger partial charge in [-0.05, 0) is 95.5 Å². The van der Waals surface area contributed by atoms with E-state index in [-0.39, 0.29) is 0 Å². The first-order valence-corrected chi connectivity index (χ1v) is 26.6. The SMILES string of the molecule is CCCCCCOc1ccc(C=Cc2ccc(-c3cnc4c(ccc5cc(-c6ccc(C=Cc7ccc(OCCCCCC)c(OCCCCCC)c7)cc6)cnc54)c3)cc2)cc1OCCCCCC. The van der Waals surface area contributed by atoms with E-state index >= 15 is 0 Å². The molecular weight excluding hydrogens is 861 g/mol. The molecule has 0 N–H and O–H groups in total. The molecule has 2 heterocycles. The van der Waals surface area contributed by atoms with Gasteiger partial charge in [0.15, 0.2) is 23.0 Å². The second-order valence-corrected chi connectivity index (χ2v) is 18.6. The van der Waals surface area contributed by atoms with Crippen molar-refractivity contribution in [3.05, 3.63) is 144 Å². The van der Waals surface area contributed by atoms with Crippen molar-refractivity contribution in [2.24, 2.45) is 0 Å². The summed E-state index contributed by atoms with van der Waals surface area (Å²) in [5.74, 6) is 3.33. The fourth-order valence-corrected chi connectivity index (χ4v) is 8.63. The van der Waals surface area contributed by atoms with E-state index in [9.17, 15) is 0 Å². The van der Waals surface area contributed by atoms with Gasteiger partial charge in [0, 0.05) is 34.3 Å². The highest BCUT2D eigenvalue weighted by atomic mass is 16.5. The lowest BCUT2D eigenvalue weighted by Crippen LogP contribution is -2.03. The van der Waals surface area contributed by atoms with Crippen molar-refractivity contribution in [1.82, 2.24) is 9.97 Å². The lowest BCUT2D eigenvalue weighted by Gasteiger charge is -2.14. The molecule has 0 amide bonds. The molecule has 0 fully saturated rings. The molecule has 0 spiro atoms. The van der Waals surface area contributed by atoms with Crippen LogP contribution in [0.5, 0.6) is 23.0 Å². The van der Waals surface area contributed by atoms with Gasteiger partial charge in [0.05, 0.1) is 37.5 Å². The molecule has 0 radical (unpaired) electrons. The normalized spacial score (nSPS) is 11.6. The van der Waals surface area contributed by atoms with Crippen molar-refractivity contribution in [2.45, 2.75) is 130 Å². The Morgan fingerprint density at radius 1 is 0.314 bits per heavy atom. The van der Waals surface area contributed by atoms with Crippen LogP contribution in [0, 0.1) is 0 Å². The number of pyridine rings is 2. The Kier molecular flexibility index (Phi) is 20.8. The summed E-state index contributed by atoms with van der Waals surface area (Å²) in [7, 11) is 0. The van der Waals surface area contributed by atoms with Crippen LogP contribution in [0.25, 0.3) is 68.4 Å². The highest BCUT2D eigenvalue weighted by Gasteiger charge is 2.11. The van der Waals surface area contributed by atoms with Gasteiger partial charge >= 0.3 is 0 Å². The van der Waals surface area contributed by atoms with Gasteiger partial charge in [-0.1, -0.05) is 202 Å². The van der Waals surface area contributed by atoms with Crippen LogP contribution in [0.1, 0.15) is 153 Å². The molecule has 0 unspecified atom stereocenters. The van der Waals surface area contributed by atoms with Crippen LogP contribution in [0.2, 0.25) is 0 Å². The van der Waals surface area contributed by atoms with Crippen LogP contribution < -0.4 is 18.9 Å². The van der Waals surface area contributed by atoms with E-state index < -0.39 is 0 Å². The van der Waals surface area contributed by atoms with E-state index in [1.165, 1.54) is 77.0 Å². The van der Waals surface area contributed by atoms with Crippen molar-refractivity contribution in [3.63, 3.8) is 0 Å². The summed E-state index contributed by atoms with van der Waals surface area (Å²) < 4.78 is 24.9. The van der Waals surface area contributed by atoms with Crippen molar-refractivity contribution in [2.75, 3.05) is 26.4 Å². The molecule has 0 bridgehead atoms. The third-order valence-electron chi connectivity index (χ3n) is 12.9. The van der Waals surface area contributed by atoms with Crippen molar-refractivity contribution >= 4 is 46.1 Å². The zero-order valence-electron chi connectivity index (χ0n) is 42.5. The highest BCUT2D eigenvalue weighted by Crippen LogP contribution is 2.33. The lowest BCUT2D eigenvalue weighted by atomic mass is 10.0. The standard InChI is InChI=1S/C64H76N2O4/c1-5-9-13-17-39-67-59-37-29-51(43-61(59)69-41-19-15-11-7-3)23-21-49-25-31-53(32-26-49)57-45-55-35-36-56-46-58(48-66-64(56)63(55)65-47-57)54-33-27-50(28-34-54)22-24-52-30-38-60(68-40-18-14-10-6-2)62(44-52)70-42-20-16-12-8-4/h21-38,43-48H,5-20,39-42H2,1-4H3. The van der Waals surface area contributed by atoms with Gasteiger partial charge in [0.2, 0.25) is 0 Å². The number of nitrogens with zero attached hydrogens (tertiary/aromatic N) is 2. The quantitative estimate of drug-likeness (QED) is 0.0254. The minimum Gasteiger partial charge on any atom is -0.490 e. The van der Waals surface area contributed by atoms with E-state index in [1.807, 2.05) is 12.4 Å². The number of benzene rings is 5. The Bertz CT molecular complexity index is 2530. The van der Waals surface area contributed by atoms with Crippen molar-refractivity contribution in [1.29, 1.82) is 0 Å². The average molecular weight is 937 g/mol. The molecule has 0 aliphatic heterocycles. The van der Waals surface area contributed by atoms with Crippen LogP contribution in [0.15, 0.2) is 122 Å². The summed E-state index contributed by atoms with van der Waals surface area (Å²) >= 11 is 0. The summed E-state index contributed by atoms with van der Waals surface area (Å²) in [4.78, 5) is 9.93. The van der Waals surface area contributed by atoms with Gasteiger partial charge in [-0.25, -0.2) is 0 Å². The topological polar surface area (TPSA) is 62.7 Å². The maximum Gasteiger partial charge on any atom is 0.161 e. The first-order chi connectivity index (χ1) is 34.5. The van der Waals surface area contributed by atoms with Crippen molar-refractivity contribution in [3.8, 4) is 45.3 Å². The molecular formula is C64H76N2O4. The largest absolute Gasteiger partial charge is 0.490 e. The van der Waals surface area contributed by atoms with Crippen LogP contribution in [-0.2, 0) is 0 Å². The number of aromatic nitrogens is 2. The minimum absolute atomic E-state index is 0.706. The molecule has 6 nitrogen and oxygen atoms in total. The molecule has 7 rings (SSSR count). The van der Waals surface area contributed by atoms with E-state index in [0.29, 0.717) is 13.2 Å². The molecule has 6 heteroatoms. The van der Waals surface area contributed by atoms with E-state index in [0.717, 1.165) is 128 Å². The summed E-state index contributed by atoms with van der Waals surface area (Å²) in [6.45, 7) is 11.8. The summed E-state index contributed by atoms with van der Waals surface area (Å²) in [6, 6.07) is 38.6. The highest BCUT2D eigenvalue weighted by molar-refractivity contribution is 6.04. The zero-order valence-corrected chi connectivity index (χ0v) is 42.5. The third kappa shape index (κ3) is 15.6. The molecule has 0 saturated carbocycles. The third-order valence-corrected chi connectivity index (χ3v) is 12.9. The van der Waals surface area contributed by atoms with Gasteiger partial charge in [-0.15, -0.1) is 0 Å². The molecule has 0 aliphatic rings. The molecule has 366 valence electrons. The molecule has 0 saturated heterocycles. The Morgan fingerprint density at radius 3 is 1.00 bits per heavy atom. The lowest BCUT2D eigenvalue weighted by molar-refractivity contribution is 0.259. The van der Waals surface area contributed by atoms with Crippen molar-refractivity contribution < 1.29 is 18.9 Å². The predicted octanol–water partition coefficient (Wildman–Crippen LogP) is 18.3. The Labute approximate surface area is 419 Å². The minimum atomic E-state index is 0.706. The fourth-order valence-electron chi connectivity index (χ4n) is 8.63. The summed E-state index contributed by atoms with van der Waals surface area (Å²) in [5, 5.41) is 2.13. The van der Waals surface area contributed by atoms with E-state index in [4.69, 9.17) is 28.9 Å². The average Bonchev–Trinajstić information content (AvgIpc) is 3.40. The van der Waals surface area contributed by atoms with Crippen LogP contribution in [0.3, 0.4) is 0 Å². The van der Waals surface area contributed by atoms with Crippen LogP contribution >= 0.6 is 0 Å². The number of ether oxygens (including phenoxy) is 4. The molecule has 7 aromatic rings. The number of rotatable bonds is 30. The predicted molar refractivity (Wildman–Crippen MR) is 297 cm³/mol. The fraction of sp³-hybridized carbons (Fsp3) is 0.375. The Hall–Kier alpha value is -6.40. The second kappa shape index (κ2) is 28.3. The smallest absolute Gasteiger partial charge is 0.161 e. The number of unbranched alkanes of at least 4 members (excludes halogenated alkanes) is 12. The Morgan fingerprint density at radius 2 is 0.643 bits per heavy atom. The zero-order chi connectivity index (χ0) is 48.6. The Balaban J connectivity index is 0.978. The first kappa shape index (κ1) is 51.5. The van der Waals surface area contributed by atoms with Crippen LogP contribution in [0.4, 0.5) is 0 Å². The first-order valence-electron chi connectivity index (χ1n) is 26.6. The maximum absolute atomic E-state index is 6.27. The van der Waals surface area contributed by atoms with Gasteiger partial charge in [0.1, 0.15) is 0 Å². The van der Waals surface area contributed by atoms with Crippen LogP contribution in [-0.4, -0.2) is 36.4 Å². The van der Waals surface area contributed by atoms with E-state index in [2.05, 4.69) is 161 Å². The number of hydrogen-bond donors (Lipinski definition) is 0. The summed E-state index contributed by atoms with van der Waals surface area (Å²) in [5.41, 5.74) is 10.6. The van der Waals surface area contributed by atoms with Gasteiger partial charge in [0.25, 0.3) is 0 Å². The molecule has 0 aliphatic carbocycles. The maximum atomic E-state index is 6.27. The number of hydrogen-bond acceptors (Lipinski definition) is 6. The van der Waals surface area contributed by atoms with Gasteiger partial charge in [-0.3, -0.25) is 9.97 Å². The molecule has 2 aromatic heterocycles. The monoisotopic (exact) mass is 937 g/mol. The molecule has 0 atom stereocenters. The molecule has 5 aromatic carbocycles. The van der Waals surface area contributed by atoms with Gasteiger partial charge in [-0.2, -0.15) is 0 Å².